The zero-order valence-electron chi connectivity index (χ0n) is 12.4. The van der Waals surface area contributed by atoms with Crippen LogP contribution in [0.25, 0.3) is 0 Å². The molecule has 4 rings (SSSR count). The number of phenolic OH excluding ortho intramolecular Hbond substituents is 1. The molecule has 1 aliphatic carbocycles. The van der Waals surface area contributed by atoms with E-state index in [2.05, 4.69) is 24.9 Å². The number of likely N-dealkylation sites (tertiary alicyclic amines) is 1. The number of fused-ring (bicyclic) bond motifs is 1. The van der Waals surface area contributed by atoms with Gasteiger partial charge in [-0.05, 0) is 50.4 Å². The Hall–Kier alpha value is -1.22. The van der Waals surface area contributed by atoms with Crippen molar-refractivity contribution in [3.8, 4) is 11.5 Å². The van der Waals surface area contributed by atoms with Gasteiger partial charge in [-0.15, -0.1) is 0 Å². The Bertz CT molecular complexity index is 556. The third-order valence-electron chi connectivity index (χ3n) is 5.87. The molecular formula is C17H23NO2. The maximum Gasteiger partial charge on any atom is 0.165 e. The summed E-state index contributed by atoms with van der Waals surface area (Å²) < 4.78 is 5.97. The summed E-state index contributed by atoms with van der Waals surface area (Å²) >= 11 is 0. The summed E-state index contributed by atoms with van der Waals surface area (Å²) in [5.41, 5.74) is 2.91. The molecule has 3 nitrogen and oxygen atoms in total. The molecule has 1 unspecified atom stereocenters. The normalized spacial score (nSPS) is 34.7. The second kappa shape index (κ2) is 4.14. The number of aromatic hydroxyl groups is 1. The number of rotatable bonds is 2. The topological polar surface area (TPSA) is 32.7 Å². The second-order valence-electron chi connectivity index (χ2n) is 6.79. The molecule has 0 saturated carbocycles. The van der Waals surface area contributed by atoms with Gasteiger partial charge in [-0.1, -0.05) is 19.4 Å². The van der Waals surface area contributed by atoms with Crippen LogP contribution in [-0.2, 0) is 11.8 Å². The fraction of sp³-hybridized carbons (Fsp3) is 0.647. The van der Waals surface area contributed by atoms with Gasteiger partial charge in [0.25, 0.3) is 0 Å². The van der Waals surface area contributed by atoms with Crippen LogP contribution in [0, 0.1) is 5.92 Å². The van der Waals surface area contributed by atoms with Gasteiger partial charge in [0, 0.05) is 17.0 Å². The molecule has 1 aromatic carbocycles. The van der Waals surface area contributed by atoms with Crippen LogP contribution in [0.5, 0.6) is 11.5 Å². The maximum absolute atomic E-state index is 10.1. The standard InChI is InChI=1S/C17H23NO2/c1-3-4-12-13-9-11-5-6-14(19)16-15(11)17(12,10-20-16)7-8-18(13)2/h5-6,12-13,19H,3-4,7-10H2,1-2H3/t12-,13?,17+/m0/s1. The van der Waals surface area contributed by atoms with E-state index in [1.54, 1.807) is 0 Å². The van der Waals surface area contributed by atoms with Crippen LogP contribution in [0.4, 0.5) is 0 Å². The molecule has 1 aromatic rings. The van der Waals surface area contributed by atoms with Crippen molar-refractivity contribution >= 4 is 0 Å². The van der Waals surface area contributed by atoms with E-state index in [9.17, 15) is 5.11 Å². The zero-order valence-corrected chi connectivity index (χ0v) is 12.4. The summed E-state index contributed by atoms with van der Waals surface area (Å²) in [6.07, 6.45) is 4.75. The van der Waals surface area contributed by atoms with E-state index in [0.29, 0.717) is 17.7 Å². The van der Waals surface area contributed by atoms with Crippen molar-refractivity contribution in [2.45, 2.75) is 44.1 Å². The van der Waals surface area contributed by atoms with E-state index in [1.807, 2.05) is 6.07 Å². The Kier molecular flexibility index (Phi) is 2.59. The van der Waals surface area contributed by atoms with Crippen LogP contribution in [0.3, 0.4) is 0 Å². The third-order valence-corrected chi connectivity index (χ3v) is 5.87. The average Bonchev–Trinajstić information content (AvgIpc) is 2.82. The van der Waals surface area contributed by atoms with E-state index in [0.717, 1.165) is 31.7 Å². The van der Waals surface area contributed by atoms with Crippen LogP contribution in [0.2, 0.25) is 0 Å². The molecule has 2 bridgehead atoms. The lowest BCUT2D eigenvalue weighted by Gasteiger charge is -2.53. The minimum absolute atomic E-state index is 0.162. The number of phenols is 1. The van der Waals surface area contributed by atoms with E-state index in [4.69, 9.17) is 4.74 Å². The predicted molar refractivity (Wildman–Crippen MR) is 78.4 cm³/mol. The van der Waals surface area contributed by atoms with Crippen molar-refractivity contribution in [3.05, 3.63) is 23.3 Å². The second-order valence-corrected chi connectivity index (χ2v) is 6.79. The van der Waals surface area contributed by atoms with Gasteiger partial charge < -0.3 is 14.7 Å². The molecule has 1 N–H and O–H groups in total. The SMILES string of the molecule is CCC[C@H]1C2Cc3ccc(O)c4c3[C@]1(CCN2C)CO4. The van der Waals surface area contributed by atoms with Gasteiger partial charge in [-0.25, -0.2) is 0 Å². The summed E-state index contributed by atoms with van der Waals surface area (Å²) in [5.74, 6) is 1.78. The Labute approximate surface area is 120 Å². The molecule has 0 aromatic heterocycles. The van der Waals surface area contributed by atoms with E-state index >= 15 is 0 Å². The van der Waals surface area contributed by atoms with Gasteiger partial charge in [-0.3, -0.25) is 0 Å². The van der Waals surface area contributed by atoms with Crippen LogP contribution in [-0.4, -0.2) is 36.2 Å². The number of nitrogens with zero attached hydrogens (tertiary/aromatic N) is 1. The lowest BCUT2D eigenvalue weighted by atomic mass is 9.57. The molecule has 3 atom stereocenters. The first-order valence-corrected chi connectivity index (χ1v) is 7.86. The quantitative estimate of drug-likeness (QED) is 0.899. The lowest BCUT2D eigenvalue weighted by molar-refractivity contribution is 0.0164. The van der Waals surface area contributed by atoms with Crippen molar-refractivity contribution in [1.29, 1.82) is 0 Å². The summed E-state index contributed by atoms with van der Waals surface area (Å²) in [4.78, 5) is 2.54. The summed E-state index contributed by atoms with van der Waals surface area (Å²) in [6.45, 7) is 4.19. The summed E-state index contributed by atoms with van der Waals surface area (Å²) in [7, 11) is 2.27. The van der Waals surface area contributed by atoms with E-state index in [-0.39, 0.29) is 5.41 Å². The molecular weight excluding hydrogens is 250 g/mol. The molecule has 108 valence electrons. The van der Waals surface area contributed by atoms with Crippen molar-refractivity contribution in [1.82, 2.24) is 4.90 Å². The molecule has 0 amide bonds. The highest BCUT2D eigenvalue weighted by atomic mass is 16.5. The molecule has 3 heteroatoms. The Morgan fingerprint density at radius 3 is 3.10 bits per heavy atom. The fourth-order valence-electron chi connectivity index (χ4n) is 4.94. The first-order chi connectivity index (χ1) is 9.67. The van der Waals surface area contributed by atoms with Crippen LogP contribution < -0.4 is 4.74 Å². The highest BCUT2D eigenvalue weighted by Crippen LogP contribution is 2.58. The van der Waals surface area contributed by atoms with Gasteiger partial charge in [0.05, 0.1) is 6.61 Å². The van der Waals surface area contributed by atoms with Crippen molar-refractivity contribution in [2.24, 2.45) is 5.92 Å². The monoisotopic (exact) mass is 273 g/mol. The van der Waals surface area contributed by atoms with Crippen LogP contribution >= 0.6 is 0 Å². The molecule has 3 aliphatic rings. The number of ether oxygens (including phenoxy) is 1. The Balaban J connectivity index is 1.92. The van der Waals surface area contributed by atoms with E-state index < -0.39 is 0 Å². The predicted octanol–water partition coefficient (Wildman–Crippen LogP) is 2.70. The van der Waals surface area contributed by atoms with Crippen LogP contribution in [0.1, 0.15) is 37.3 Å². The minimum Gasteiger partial charge on any atom is -0.504 e. The van der Waals surface area contributed by atoms with Crippen molar-refractivity contribution in [2.75, 3.05) is 20.2 Å². The highest BCUT2D eigenvalue weighted by Gasteiger charge is 2.56. The first kappa shape index (κ1) is 12.5. The number of benzene rings is 1. The summed E-state index contributed by atoms with van der Waals surface area (Å²) in [6, 6.07) is 4.56. The molecule has 20 heavy (non-hydrogen) atoms. The number of likely N-dealkylation sites (N-methyl/N-ethyl adjacent to an activating group) is 1. The number of piperidine rings is 1. The first-order valence-electron chi connectivity index (χ1n) is 7.86. The smallest absolute Gasteiger partial charge is 0.165 e. The minimum atomic E-state index is 0.162. The van der Waals surface area contributed by atoms with Crippen molar-refractivity contribution < 1.29 is 9.84 Å². The average molecular weight is 273 g/mol. The Morgan fingerprint density at radius 1 is 1.45 bits per heavy atom. The molecule has 2 heterocycles. The molecule has 1 fully saturated rings. The molecule has 1 saturated heterocycles. The van der Waals surface area contributed by atoms with Crippen molar-refractivity contribution in [3.63, 3.8) is 0 Å². The van der Waals surface area contributed by atoms with Gasteiger partial charge in [-0.2, -0.15) is 0 Å². The summed E-state index contributed by atoms with van der Waals surface area (Å²) in [5, 5.41) is 10.1. The van der Waals surface area contributed by atoms with Crippen LogP contribution in [0.15, 0.2) is 12.1 Å². The number of hydrogen-bond acceptors (Lipinski definition) is 3. The van der Waals surface area contributed by atoms with Gasteiger partial charge in [0.15, 0.2) is 11.5 Å². The largest absolute Gasteiger partial charge is 0.504 e. The third kappa shape index (κ3) is 1.39. The van der Waals surface area contributed by atoms with Gasteiger partial charge >= 0.3 is 0 Å². The highest BCUT2D eigenvalue weighted by molar-refractivity contribution is 5.59. The van der Waals surface area contributed by atoms with Gasteiger partial charge in [0.2, 0.25) is 0 Å². The number of hydrogen-bond donors (Lipinski definition) is 1. The lowest BCUT2D eigenvalue weighted by Crippen LogP contribution is -2.59. The maximum atomic E-state index is 10.1. The van der Waals surface area contributed by atoms with E-state index in [1.165, 1.54) is 24.0 Å². The Morgan fingerprint density at radius 2 is 2.30 bits per heavy atom. The van der Waals surface area contributed by atoms with Gasteiger partial charge in [0.1, 0.15) is 0 Å². The molecule has 2 aliphatic heterocycles. The molecule has 0 radical (unpaired) electrons. The molecule has 1 spiro atoms. The fourth-order valence-corrected chi connectivity index (χ4v) is 4.94. The zero-order chi connectivity index (χ0) is 13.9.